The fourth-order valence-corrected chi connectivity index (χ4v) is 7.09. The molecule has 2 nitrogen and oxygen atoms in total. The summed E-state index contributed by atoms with van der Waals surface area (Å²) in [6.07, 6.45) is 0. The van der Waals surface area contributed by atoms with Crippen molar-refractivity contribution >= 4 is 60.7 Å². The Balaban J connectivity index is 1.18. The Bertz CT molecular complexity index is 2400. The number of aryl methyl sites for hydroxylation is 1. The van der Waals surface area contributed by atoms with Gasteiger partial charge in [0.05, 0.1) is 5.52 Å². The highest BCUT2D eigenvalue weighted by atomic mass is 15.1. The van der Waals surface area contributed by atoms with Crippen LogP contribution in [-0.4, -0.2) is 4.57 Å². The second kappa shape index (κ2) is 12.1. The molecule has 1 heterocycles. The zero-order valence-corrected chi connectivity index (χ0v) is 27.9. The highest BCUT2D eigenvalue weighted by Gasteiger charge is 2.16. The van der Waals surface area contributed by atoms with Crippen molar-refractivity contribution in [3.8, 4) is 5.69 Å². The molecule has 232 valence electrons. The number of allylic oxidation sites excluding steroid dienone is 2. The van der Waals surface area contributed by atoms with E-state index in [-0.39, 0.29) is 0 Å². The van der Waals surface area contributed by atoms with Crippen LogP contribution in [0, 0.1) is 13.8 Å². The average molecular weight is 619 g/mol. The van der Waals surface area contributed by atoms with Crippen molar-refractivity contribution in [2.45, 2.75) is 27.7 Å². The summed E-state index contributed by atoms with van der Waals surface area (Å²) in [4.78, 5) is 2.37. The predicted molar refractivity (Wildman–Crippen MR) is 207 cm³/mol. The number of aromatic nitrogens is 1. The maximum atomic E-state index is 2.37. The van der Waals surface area contributed by atoms with Crippen LogP contribution >= 0.6 is 0 Å². The molecule has 0 aliphatic heterocycles. The Morgan fingerprint density at radius 2 is 0.958 bits per heavy atom. The van der Waals surface area contributed by atoms with Gasteiger partial charge >= 0.3 is 0 Å². The molecule has 0 unspecified atom stereocenters. The molecule has 0 N–H and O–H groups in total. The summed E-state index contributed by atoms with van der Waals surface area (Å²) < 4.78 is 2.37. The predicted octanol–water partition coefficient (Wildman–Crippen LogP) is 13.0. The third-order valence-corrected chi connectivity index (χ3v) is 10.1. The lowest BCUT2D eigenvalue weighted by molar-refractivity contribution is 1.04. The lowest BCUT2D eigenvalue weighted by atomic mass is 9.95. The second-order valence-electron chi connectivity index (χ2n) is 12.8. The summed E-state index contributed by atoms with van der Waals surface area (Å²) in [5, 5.41) is 6.25. The van der Waals surface area contributed by atoms with Gasteiger partial charge < -0.3 is 9.47 Å². The van der Waals surface area contributed by atoms with Crippen molar-refractivity contribution < 1.29 is 0 Å². The number of hydrogen-bond acceptors (Lipinski definition) is 1. The van der Waals surface area contributed by atoms with Crippen LogP contribution in [0.4, 0.5) is 17.1 Å². The van der Waals surface area contributed by atoms with Gasteiger partial charge in [-0.1, -0.05) is 97.1 Å². The minimum Gasteiger partial charge on any atom is -0.314 e. The first-order chi connectivity index (χ1) is 23.5. The van der Waals surface area contributed by atoms with E-state index in [2.05, 4.69) is 195 Å². The summed E-state index contributed by atoms with van der Waals surface area (Å²) in [7, 11) is 0. The Labute approximate surface area is 282 Å². The van der Waals surface area contributed by atoms with E-state index in [1.54, 1.807) is 0 Å². The Hall–Kier alpha value is -5.86. The van der Waals surface area contributed by atoms with E-state index in [0.717, 1.165) is 17.1 Å². The van der Waals surface area contributed by atoms with Gasteiger partial charge in [-0.05, 0) is 138 Å². The molecule has 0 aliphatic carbocycles. The summed E-state index contributed by atoms with van der Waals surface area (Å²) in [6.45, 7) is 8.95. The van der Waals surface area contributed by atoms with Crippen LogP contribution in [0.1, 0.15) is 36.2 Å². The first-order valence-corrected chi connectivity index (χ1v) is 16.7. The Morgan fingerprint density at radius 1 is 0.458 bits per heavy atom. The highest BCUT2D eigenvalue weighted by Crippen LogP contribution is 2.39. The van der Waals surface area contributed by atoms with E-state index < -0.39 is 0 Å². The normalized spacial score (nSPS) is 12.1. The number of anilines is 3. The molecule has 2 heteroatoms. The van der Waals surface area contributed by atoms with Crippen LogP contribution in [0.5, 0.6) is 0 Å². The van der Waals surface area contributed by atoms with Gasteiger partial charge in [0.1, 0.15) is 0 Å². The maximum absolute atomic E-state index is 2.37. The van der Waals surface area contributed by atoms with Crippen LogP contribution in [0.3, 0.4) is 0 Å². The van der Waals surface area contributed by atoms with E-state index in [9.17, 15) is 0 Å². The van der Waals surface area contributed by atoms with E-state index >= 15 is 0 Å². The molecule has 0 saturated heterocycles. The number of benzene rings is 7. The Kier molecular flexibility index (Phi) is 7.42. The quantitative estimate of drug-likeness (QED) is 0.168. The van der Waals surface area contributed by atoms with Gasteiger partial charge in [0.25, 0.3) is 0 Å². The molecular formula is C46H38N2. The van der Waals surface area contributed by atoms with Gasteiger partial charge in [-0.15, -0.1) is 0 Å². The number of hydrogen-bond donors (Lipinski definition) is 0. The second-order valence-corrected chi connectivity index (χ2v) is 12.8. The van der Waals surface area contributed by atoms with Gasteiger partial charge in [0.15, 0.2) is 0 Å². The summed E-state index contributed by atoms with van der Waals surface area (Å²) in [5.41, 5.74) is 13.5. The zero-order chi connectivity index (χ0) is 32.8. The van der Waals surface area contributed by atoms with Crippen LogP contribution in [0.15, 0.2) is 158 Å². The molecule has 0 saturated carbocycles. The molecule has 0 fully saturated rings. The fraction of sp³-hybridized carbons (Fsp3) is 0.0870. The lowest BCUT2D eigenvalue weighted by Crippen LogP contribution is -2.10. The average Bonchev–Trinajstić information content (AvgIpc) is 3.39. The SMILES string of the molecule is CC(=C(C)c1ccc2c(c1)c(C)c(C)n2-c1ccccc1)c1ccc(N(c2ccc3ccccc3c2)c2ccc3ccccc3c2)cc1. The molecule has 0 amide bonds. The summed E-state index contributed by atoms with van der Waals surface area (Å²) >= 11 is 0. The lowest BCUT2D eigenvalue weighted by Gasteiger charge is -2.26. The molecule has 0 atom stereocenters. The molecule has 8 aromatic rings. The molecule has 48 heavy (non-hydrogen) atoms. The summed E-state index contributed by atoms with van der Waals surface area (Å²) in [6, 6.07) is 57.2. The van der Waals surface area contributed by atoms with E-state index in [0.29, 0.717) is 0 Å². The van der Waals surface area contributed by atoms with Gasteiger partial charge in [-0.3, -0.25) is 0 Å². The van der Waals surface area contributed by atoms with Gasteiger partial charge in [0, 0.05) is 33.8 Å². The van der Waals surface area contributed by atoms with Gasteiger partial charge in [-0.2, -0.15) is 0 Å². The van der Waals surface area contributed by atoms with E-state index in [1.807, 2.05) is 0 Å². The molecule has 1 aromatic heterocycles. The van der Waals surface area contributed by atoms with E-state index in [4.69, 9.17) is 0 Å². The van der Waals surface area contributed by atoms with Crippen LogP contribution in [-0.2, 0) is 0 Å². The largest absolute Gasteiger partial charge is 0.314 e. The fourth-order valence-electron chi connectivity index (χ4n) is 7.09. The highest BCUT2D eigenvalue weighted by molar-refractivity contribution is 5.96. The van der Waals surface area contributed by atoms with E-state index in [1.165, 1.54) is 71.7 Å². The minimum absolute atomic E-state index is 1.13. The number of fused-ring (bicyclic) bond motifs is 3. The molecule has 0 spiro atoms. The number of rotatable bonds is 6. The van der Waals surface area contributed by atoms with Crippen molar-refractivity contribution in [1.29, 1.82) is 0 Å². The molecule has 7 aromatic carbocycles. The monoisotopic (exact) mass is 618 g/mol. The van der Waals surface area contributed by atoms with Crippen molar-refractivity contribution in [2.24, 2.45) is 0 Å². The first-order valence-electron chi connectivity index (χ1n) is 16.7. The third kappa shape index (κ3) is 5.16. The van der Waals surface area contributed by atoms with Crippen LogP contribution in [0.2, 0.25) is 0 Å². The molecular weight excluding hydrogens is 581 g/mol. The molecule has 0 radical (unpaired) electrons. The maximum Gasteiger partial charge on any atom is 0.0534 e. The number of nitrogens with zero attached hydrogens (tertiary/aromatic N) is 2. The molecule has 0 aliphatic rings. The summed E-state index contributed by atoms with van der Waals surface area (Å²) in [5.74, 6) is 0. The standard InChI is InChI=1S/C46H38N2/c1-31(32(2)38-22-27-46-45(30-38)33(3)34(4)47(46)41-16-6-5-7-17-41)35-18-23-42(24-19-35)48(43-25-20-36-12-8-10-14-39(36)28-43)44-26-21-37-13-9-11-15-40(37)29-44/h5-30H,1-4H3. The third-order valence-electron chi connectivity index (χ3n) is 10.1. The van der Waals surface area contributed by atoms with Crippen molar-refractivity contribution in [3.63, 3.8) is 0 Å². The van der Waals surface area contributed by atoms with Crippen LogP contribution < -0.4 is 4.90 Å². The zero-order valence-electron chi connectivity index (χ0n) is 27.9. The van der Waals surface area contributed by atoms with Crippen LogP contribution in [0.25, 0.3) is 49.3 Å². The van der Waals surface area contributed by atoms with Gasteiger partial charge in [-0.25, -0.2) is 0 Å². The minimum atomic E-state index is 1.13. The molecule has 0 bridgehead atoms. The molecule has 8 rings (SSSR count). The van der Waals surface area contributed by atoms with Gasteiger partial charge in [0.2, 0.25) is 0 Å². The Morgan fingerprint density at radius 3 is 1.56 bits per heavy atom. The first kappa shape index (κ1) is 29.5. The van der Waals surface area contributed by atoms with Crippen molar-refractivity contribution in [3.05, 3.63) is 180 Å². The number of para-hydroxylation sites is 1. The topological polar surface area (TPSA) is 8.17 Å². The van der Waals surface area contributed by atoms with Crippen molar-refractivity contribution in [2.75, 3.05) is 4.90 Å². The smallest absolute Gasteiger partial charge is 0.0534 e. The van der Waals surface area contributed by atoms with Crippen molar-refractivity contribution in [1.82, 2.24) is 4.57 Å².